The Labute approximate surface area is 251 Å². The van der Waals surface area contributed by atoms with Crippen molar-refractivity contribution < 1.29 is 0 Å². The lowest BCUT2D eigenvalue weighted by atomic mass is 9.82. The molecule has 43 heavy (non-hydrogen) atoms. The molecule has 0 amide bonds. The Morgan fingerprint density at radius 1 is 0.488 bits per heavy atom. The van der Waals surface area contributed by atoms with Crippen molar-refractivity contribution in [1.82, 2.24) is 4.57 Å². The first kappa shape index (κ1) is 24.2. The van der Waals surface area contributed by atoms with Gasteiger partial charge in [-0.2, -0.15) is 0 Å². The summed E-state index contributed by atoms with van der Waals surface area (Å²) in [6.45, 7) is 0. The molecule has 9 rings (SSSR count). The Morgan fingerprint density at radius 3 is 2.00 bits per heavy atom. The molecule has 8 aromatic rings. The van der Waals surface area contributed by atoms with Crippen molar-refractivity contribution in [3.8, 4) is 27.9 Å². The molecule has 1 aromatic heterocycles. The zero-order valence-electron chi connectivity index (χ0n) is 23.8. The van der Waals surface area contributed by atoms with Gasteiger partial charge in [0.05, 0.1) is 11.0 Å². The third-order valence-electron chi connectivity index (χ3n) is 9.22. The molecule has 1 nitrogen and oxygen atoms in total. The van der Waals surface area contributed by atoms with Gasteiger partial charge in [0.2, 0.25) is 0 Å². The fourth-order valence-corrected chi connectivity index (χ4v) is 7.34. The Hall–Kier alpha value is -5.40. The average molecular weight is 548 g/mol. The summed E-state index contributed by atoms with van der Waals surface area (Å²) in [6, 6.07) is 51.2. The van der Waals surface area contributed by atoms with Crippen molar-refractivity contribution in [1.29, 1.82) is 0 Å². The molecule has 0 bridgehead atoms. The fourth-order valence-electron chi connectivity index (χ4n) is 7.34. The van der Waals surface area contributed by atoms with E-state index in [2.05, 4.69) is 156 Å². The van der Waals surface area contributed by atoms with Gasteiger partial charge in [-0.25, -0.2) is 0 Å². The maximum atomic E-state index is 2.44. The number of hydrogen-bond donors (Lipinski definition) is 0. The van der Waals surface area contributed by atoms with E-state index in [1.165, 1.54) is 82.4 Å². The molecule has 0 saturated carbocycles. The maximum absolute atomic E-state index is 2.44. The van der Waals surface area contributed by atoms with Gasteiger partial charge in [-0.1, -0.05) is 109 Å². The van der Waals surface area contributed by atoms with E-state index < -0.39 is 0 Å². The van der Waals surface area contributed by atoms with Crippen LogP contribution in [-0.4, -0.2) is 4.57 Å². The van der Waals surface area contributed by atoms with Crippen molar-refractivity contribution in [2.45, 2.75) is 12.8 Å². The molecule has 1 heteroatoms. The Morgan fingerprint density at radius 2 is 1.16 bits per heavy atom. The van der Waals surface area contributed by atoms with Gasteiger partial charge in [0.25, 0.3) is 0 Å². The van der Waals surface area contributed by atoms with E-state index in [0.717, 1.165) is 12.8 Å². The molecule has 0 saturated heterocycles. The number of fused-ring (bicyclic) bond motifs is 8. The third kappa shape index (κ3) is 3.72. The van der Waals surface area contributed by atoms with Crippen LogP contribution < -0.4 is 0 Å². The Kier molecular flexibility index (Phi) is 5.39. The number of allylic oxidation sites excluding steroid dienone is 1. The lowest BCUT2D eigenvalue weighted by Gasteiger charge is -2.21. The van der Waals surface area contributed by atoms with E-state index in [-0.39, 0.29) is 0 Å². The molecular formula is C42H29N. The van der Waals surface area contributed by atoms with E-state index in [1.807, 2.05) is 0 Å². The van der Waals surface area contributed by atoms with Gasteiger partial charge in [-0.05, 0) is 110 Å². The van der Waals surface area contributed by atoms with Crippen LogP contribution in [0.2, 0.25) is 0 Å². The van der Waals surface area contributed by atoms with E-state index in [9.17, 15) is 0 Å². The topological polar surface area (TPSA) is 4.93 Å². The first-order valence-electron chi connectivity index (χ1n) is 15.2. The van der Waals surface area contributed by atoms with Crippen LogP contribution in [-0.2, 0) is 6.42 Å². The second-order valence-corrected chi connectivity index (χ2v) is 11.6. The number of nitrogens with zero attached hydrogens (tertiary/aromatic N) is 1. The summed E-state index contributed by atoms with van der Waals surface area (Å²) in [5.41, 5.74) is 11.7. The van der Waals surface area contributed by atoms with Crippen molar-refractivity contribution in [2.24, 2.45) is 0 Å². The largest absolute Gasteiger partial charge is 0.309 e. The van der Waals surface area contributed by atoms with E-state index in [0.29, 0.717) is 0 Å². The highest BCUT2D eigenvalue weighted by Gasteiger charge is 2.20. The van der Waals surface area contributed by atoms with Crippen LogP contribution in [0.3, 0.4) is 0 Å². The molecule has 1 aliphatic rings. The van der Waals surface area contributed by atoms with E-state index in [4.69, 9.17) is 0 Å². The fraction of sp³-hybridized carbons (Fsp3) is 0.0476. The molecule has 0 fully saturated rings. The monoisotopic (exact) mass is 547 g/mol. The predicted molar refractivity (Wildman–Crippen MR) is 184 cm³/mol. The highest BCUT2D eigenvalue weighted by Crippen LogP contribution is 2.44. The summed E-state index contributed by atoms with van der Waals surface area (Å²) < 4.78 is 2.39. The number of rotatable bonds is 3. The summed E-state index contributed by atoms with van der Waals surface area (Å²) in [4.78, 5) is 0. The van der Waals surface area contributed by atoms with Gasteiger partial charge in [-0.3, -0.25) is 0 Å². The first-order valence-corrected chi connectivity index (χ1v) is 15.2. The summed E-state index contributed by atoms with van der Waals surface area (Å²) in [5, 5.41) is 7.84. The molecule has 0 atom stereocenters. The quantitative estimate of drug-likeness (QED) is 0.194. The molecule has 7 aromatic carbocycles. The second-order valence-electron chi connectivity index (χ2n) is 11.6. The number of aromatic nitrogens is 1. The lowest BCUT2D eigenvalue weighted by Crippen LogP contribution is -2.00. The number of hydrogen-bond acceptors (Lipinski definition) is 0. The molecule has 0 N–H and O–H groups in total. The van der Waals surface area contributed by atoms with Crippen LogP contribution in [0.15, 0.2) is 146 Å². The zero-order chi connectivity index (χ0) is 28.3. The highest BCUT2D eigenvalue weighted by atomic mass is 15.0. The zero-order valence-corrected chi connectivity index (χ0v) is 23.8. The Bertz CT molecular complexity index is 2370. The molecular weight excluding hydrogens is 518 g/mol. The van der Waals surface area contributed by atoms with Crippen LogP contribution in [0.5, 0.6) is 0 Å². The van der Waals surface area contributed by atoms with Crippen LogP contribution in [0.1, 0.15) is 17.5 Å². The van der Waals surface area contributed by atoms with Gasteiger partial charge in [-0.15, -0.1) is 0 Å². The first-order chi connectivity index (χ1) is 21.3. The minimum atomic E-state index is 1.07. The molecule has 0 radical (unpaired) electrons. The highest BCUT2D eigenvalue weighted by molar-refractivity contribution is 6.19. The SMILES string of the molecule is C1=Cc2c(c(-c3ccccc3)cc3cc(-c4ccc5c(c4)c4ccccc4n5-c4ccccc4)c4ccccc4c23)CC1. The standard InChI is InChI=1S/C42H29N/c1-3-13-28(14-4-1)37-26-30-27-38(33-18-8-10-21-36(33)42(30)35-20-9-7-17-32(35)37)29-23-24-41-39(25-29)34-19-11-12-22-40(34)43(41)31-15-5-2-6-16-31/h1-6,8-16,18-27H,7,17H2. The minimum Gasteiger partial charge on any atom is -0.309 e. The van der Waals surface area contributed by atoms with Gasteiger partial charge in [0.1, 0.15) is 0 Å². The van der Waals surface area contributed by atoms with Gasteiger partial charge >= 0.3 is 0 Å². The van der Waals surface area contributed by atoms with Gasteiger partial charge in [0, 0.05) is 16.5 Å². The predicted octanol–water partition coefficient (Wildman–Crippen LogP) is 11.4. The minimum absolute atomic E-state index is 1.07. The Balaban J connectivity index is 1.35. The van der Waals surface area contributed by atoms with Crippen LogP contribution in [0.4, 0.5) is 0 Å². The number of benzene rings is 7. The van der Waals surface area contributed by atoms with Crippen molar-refractivity contribution in [3.05, 3.63) is 157 Å². The summed E-state index contributed by atoms with van der Waals surface area (Å²) in [5.74, 6) is 0. The normalized spacial score (nSPS) is 12.8. The van der Waals surface area contributed by atoms with Crippen LogP contribution >= 0.6 is 0 Å². The molecule has 0 unspecified atom stereocenters. The van der Waals surface area contributed by atoms with Gasteiger partial charge in [0.15, 0.2) is 0 Å². The smallest absolute Gasteiger partial charge is 0.0541 e. The third-order valence-corrected chi connectivity index (χ3v) is 9.22. The van der Waals surface area contributed by atoms with Crippen molar-refractivity contribution in [2.75, 3.05) is 0 Å². The van der Waals surface area contributed by atoms with E-state index >= 15 is 0 Å². The van der Waals surface area contributed by atoms with Crippen molar-refractivity contribution in [3.63, 3.8) is 0 Å². The maximum Gasteiger partial charge on any atom is 0.0541 e. The lowest BCUT2D eigenvalue weighted by molar-refractivity contribution is 0.992. The summed E-state index contributed by atoms with van der Waals surface area (Å²) in [6.07, 6.45) is 6.87. The molecule has 0 aliphatic heterocycles. The summed E-state index contributed by atoms with van der Waals surface area (Å²) in [7, 11) is 0. The van der Waals surface area contributed by atoms with Gasteiger partial charge < -0.3 is 4.57 Å². The number of para-hydroxylation sites is 2. The van der Waals surface area contributed by atoms with Crippen molar-refractivity contribution >= 4 is 49.4 Å². The van der Waals surface area contributed by atoms with Crippen LogP contribution in [0, 0.1) is 0 Å². The van der Waals surface area contributed by atoms with Crippen LogP contribution in [0.25, 0.3) is 77.4 Å². The molecule has 202 valence electrons. The average Bonchev–Trinajstić information content (AvgIpc) is 3.42. The molecule has 0 spiro atoms. The van der Waals surface area contributed by atoms with E-state index in [1.54, 1.807) is 0 Å². The molecule has 1 aliphatic carbocycles. The second kappa shape index (κ2) is 9.58. The summed E-state index contributed by atoms with van der Waals surface area (Å²) >= 11 is 0. The molecule has 1 heterocycles.